The molecule has 4 nitrogen and oxygen atoms in total. The maximum atomic E-state index is 12.5. The van der Waals surface area contributed by atoms with Gasteiger partial charge >= 0.3 is 0 Å². The summed E-state index contributed by atoms with van der Waals surface area (Å²) in [5, 5.41) is 3.16. The van der Waals surface area contributed by atoms with Gasteiger partial charge in [0.15, 0.2) is 0 Å². The number of hydrogen-bond acceptors (Lipinski definition) is 3. The van der Waals surface area contributed by atoms with Gasteiger partial charge in [-0.15, -0.1) is 0 Å². The van der Waals surface area contributed by atoms with Crippen molar-refractivity contribution in [3.8, 4) is 5.75 Å². The average Bonchev–Trinajstić information content (AvgIpc) is 2.76. The number of amides is 1. The fraction of sp³-hybridized carbons (Fsp3) is 0.235. The van der Waals surface area contributed by atoms with Gasteiger partial charge in [-0.3, -0.25) is 4.79 Å². The van der Waals surface area contributed by atoms with Crippen LogP contribution < -0.4 is 15.0 Å². The topological polar surface area (TPSA) is 41.6 Å². The van der Waals surface area contributed by atoms with Crippen molar-refractivity contribution in [1.29, 1.82) is 0 Å². The van der Waals surface area contributed by atoms with Crippen molar-refractivity contribution in [3.63, 3.8) is 0 Å². The number of anilines is 2. The highest BCUT2D eigenvalue weighted by Crippen LogP contribution is 2.30. The molecular formula is C17H18N2O2. The molecule has 1 aliphatic rings. The summed E-state index contributed by atoms with van der Waals surface area (Å²) < 4.78 is 5.68. The lowest BCUT2D eigenvalue weighted by atomic mass is 10.2. The molecule has 0 saturated carbocycles. The summed E-state index contributed by atoms with van der Waals surface area (Å²) in [5.74, 6) is 0.833. The summed E-state index contributed by atoms with van der Waals surface area (Å²) in [5.41, 5.74) is 1.81. The summed E-state index contributed by atoms with van der Waals surface area (Å²) in [7, 11) is 0. The zero-order valence-electron chi connectivity index (χ0n) is 11.8. The van der Waals surface area contributed by atoms with Gasteiger partial charge in [-0.25, -0.2) is 0 Å². The fourth-order valence-corrected chi connectivity index (χ4v) is 2.42. The molecule has 0 bridgehead atoms. The highest BCUT2D eigenvalue weighted by molar-refractivity contribution is 5.97. The number of nitrogens with zero attached hydrogens (tertiary/aromatic N) is 1. The van der Waals surface area contributed by atoms with Crippen molar-refractivity contribution in [2.75, 3.05) is 29.9 Å². The molecule has 1 heterocycles. The highest BCUT2D eigenvalue weighted by Gasteiger charge is 2.21. The third kappa shape index (κ3) is 3.16. The van der Waals surface area contributed by atoms with E-state index < -0.39 is 0 Å². The van der Waals surface area contributed by atoms with Gasteiger partial charge in [0.2, 0.25) is 5.91 Å². The van der Waals surface area contributed by atoms with Gasteiger partial charge in [0, 0.05) is 12.2 Å². The van der Waals surface area contributed by atoms with Crippen LogP contribution in [-0.2, 0) is 4.79 Å². The Morgan fingerprint density at radius 2 is 1.86 bits per heavy atom. The van der Waals surface area contributed by atoms with Crippen molar-refractivity contribution in [2.45, 2.75) is 6.42 Å². The molecule has 21 heavy (non-hydrogen) atoms. The van der Waals surface area contributed by atoms with E-state index in [-0.39, 0.29) is 12.5 Å². The fourth-order valence-electron chi connectivity index (χ4n) is 2.42. The number of fused-ring (bicyclic) bond motifs is 1. The van der Waals surface area contributed by atoms with Crippen LogP contribution in [0.1, 0.15) is 6.42 Å². The second kappa shape index (κ2) is 6.31. The van der Waals surface area contributed by atoms with Crippen molar-refractivity contribution in [2.24, 2.45) is 0 Å². The van der Waals surface area contributed by atoms with E-state index in [1.165, 1.54) is 0 Å². The lowest BCUT2D eigenvalue weighted by molar-refractivity contribution is -0.117. The van der Waals surface area contributed by atoms with E-state index in [1.807, 2.05) is 54.6 Å². The van der Waals surface area contributed by atoms with Crippen LogP contribution in [0.5, 0.6) is 5.75 Å². The molecule has 108 valence electrons. The summed E-state index contributed by atoms with van der Waals surface area (Å²) in [6.07, 6.45) is 0.839. The molecule has 0 radical (unpaired) electrons. The van der Waals surface area contributed by atoms with E-state index in [4.69, 9.17) is 4.74 Å². The highest BCUT2D eigenvalue weighted by atomic mass is 16.5. The molecule has 0 aliphatic carbocycles. The predicted octanol–water partition coefficient (Wildman–Crippen LogP) is 2.91. The van der Waals surface area contributed by atoms with Gasteiger partial charge in [-0.05, 0) is 30.7 Å². The quantitative estimate of drug-likeness (QED) is 0.941. The monoisotopic (exact) mass is 282 g/mol. The number of benzene rings is 2. The maximum Gasteiger partial charge on any atom is 0.246 e. The van der Waals surface area contributed by atoms with Crippen molar-refractivity contribution in [3.05, 3.63) is 54.6 Å². The molecule has 0 saturated heterocycles. The molecule has 0 atom stereocenters. The van der Waals surface area contributed by atoms with Crippen LogP contribution in [0, 0.1) is 0 Å². The van der Waals surface area contributed by atoms with Gasteiger partial charge in [-0.1, -0.05) is 30.3 Å². The zero-order chi connectivity index (χ0) is 14.5. The van der Waals surface area contributed by atoms with Crippen LogP contribution in [-0.4, -0.2) is 25.6 Å². The van der Waals surface area contributed by atoms with Crippen molar-refractivity contribution >= 4 is 17.3 Å². The largest absolute Gasteiger partial charge is 0.491 e. The lowest BCUT2D eigenvalue weighted by Gasteiger charge is -2.22. The second-order valence-electron chi connectivity index (χ2n) is 4.93. The SMILES string of the molecule is O=C(CNc1ccccc1)N1CCCOc2ccccc21. The van der Waals surface area contributed by atoms with E-state index in [1.54, 1.807) is 4.90 Å². The number of carbonyl (C=O) groups excluding carboxylic acids is 1. The Kier molecular flexibility index (Phi) is 4.05. The summed E-state index contributed by atoms with van der Waals surface area (Å²) in [6, 6.07) is 17.4. The maximum absolute atomic E-state index is 12.5. The number of para-hydroxylation sites is 3. The van der Waals surface area contributed by atoms with E-state index in [0.717, 1.165) is 23.5 Å². The summed E-state index contributed by atoms with van der Waals surface area (Å²) in [6.45, 7) is 1.61. The Bertz CT molecular complexity index is 613. The molecule has 0 fully saturated rings. The van der Waals surface area contributed by atoms with Gasteiger partial charge in [-0.2, -0.15) is 0 Å². The molecule has 4 heteroatoms. The minimum absolute atomic E-state index is 0.0526. The lowest BCUT2D eigenvalue weighted by Crippen LogP contribution is -2.36. The normalized spacial score (nSPS) is 13.8. The minimum atomic E-state index is 0.0526. The first kappa shape index (κ1) is 13.5. The number of nitrogens with one attached hydrogen (secondary N) is 1. The molecular weight excluding hydrogens is 264 g/mol. The first-order valence-corrected chi connectivity index (χ1v) is 7.16. The Balaban J connectivity index is 1.72. The van der Waals surface area contributed by atoms with Crippen molar-refractivity contribution in [1.82, 2.24) is 0 Å². The molecule has 0 unspecified atom stereocenters. The van der Waals surface area contributed by atoms with E-state index in [9.17, 15) is 4.79 Å². The third-order valence-corrected chi connectivity index (χ3v) is 3.46. The van der Waals surface area contributed by atoms with E-state index >= 15 is 0 Å². The molecule has 3 rings (SSSR count). The van der Waals surface area contributed by atoms with Gasteiger partial charge in [0.1, 0.15) is 5.75 Å². The molecule has 2 aromatic rings. The third-order valence-electron chi connectivity index (χ3n) is 3.46. The Morgan fingerprint density at radius 3 is 2.71 bits per heavy atom. The van der Waals surface area contributed by atoms with Gasteiger partial charge in [0.25, 0.3) is 0 Å². The number of ether oxygens (including phenoxy) is 1. The van der Waals surface area contributed by atoms with Crippen LogP contribution in [0.25, 0.3) is 0 Å². The standard InChI is InChI=1S/C17H18N2O2/c20-17(13-18-14-7-2-1-3-8-14)19-11-6-12-21-16-10-5-4-9-15(16)19/h1-5,7-10,18H,6,11-13H2. The summed E-state index contributed by atoms with van der Waals surface area (Å²) in [4.78, 5) is 14.3. The first-order chi connectivity index (χ1) is 10.3. The van der Waals surface area contributed by atoms with E-state index in [2.05, 4.69) is 5.32 Å². The number of carbonyl (C=O) groups is 1. The molecule has 1 amide bonds. The Hall–Kier alpha value is -2.49. The van der Waals surface area contributed by atoms with E-state index in [0.29, 0.717) is 13.2 Å². The molecule has 2 aromatic carbocycles. The number of hydrogen-bond donors (Lipinski definition) is 1. The Labute approximate surface area is 124 Å². The molecule has 0 aromatic heterocycles. The number of rotatable bonds is 3. The van der Waals surface area contributed by atoms with Gasteiger partial charge < -0.3 is 15.0 Å². The van der Waals surface area contributed by atoms with Crippen LogP contribution in [0.15, 0.2) is 54.6 Å². The molecule has 0 spiro atoms. The predicted molar refractivity (Wildman–Crippen MR) is 83.8 cm³/mol. The summed E-state index contributed by atoms with van der Waals surface area (Å²) >= 11 is 0. The average molecular weight is 282 g/mol. The smallest absolute Gasteiger partial charge is 0.246 e. The van der Waals surface area contributed by atoms with Crippen LogP contribution in [0.3, 0.4) is 0 Å². The van der Waals surface area contributed by atoms with Crippen LogP contribution in [0.4, 0.5) is 11.4 Å². The second-order valence-corrected chi connectivity index (χ2v) is 4.93. The van der Waals surface area contributed by atoms with Crippen LogP contribution >= 0.6 is 0 Å². The molecule has 1 N–H and O–H groups in total. The molecule has 1 aliphatic heterocycles. The first-order valence-electron chi connectivity index (χ1n) is 7.16. The van der Waals surface area contributed by atoms with Gasteiger partial charge in [0.05, 0.1) is 18.8 Å². The zero-order valence-corrected chi connectivity index (χ0v) is 11.8. The minimum Gasteiger partial charge on any atom is -0.491 e. The van der Waals surface area contributed by atoms with Crippen molar-refractivity contribution < 1.29 is 9.53 Å². The van der Waals surface area contributed by atoms with Crippen LogP contribution in [0.2, 0.25) is 0 Å². The Morgan fingerprint density at radius 1 is 1.10 bits per heavy atom.